The molecule has 1 heterocycles. The summed E-state index contributed by atoms with van der Waals surface area (Å²) in [7, 11) is 1.32. The number of ether oxygens (including phenoxy) is 1. The molecule has 0 aliphatic heterocycles. The molecule has 0 aliphatic carbocycles. The first-order valence-electron chi connectivity index (χ1n) is 3.93. The lowest BCUT2D eigenvalue weighted by Gasteiger charge is -2.06. The molecule has 0 spiro atoms. The third-order valence-corrected chi connectivity index (χ3v) is 2.03. The van der Waals surface area contributed by atoms with Crippen LogP contribution in [0.5, 0.6) is 0 Å². The van der Waals surface area contributed by atoms with Gasteiger partial charge in [-0.1, -0.05) is 11.6 Å². The molecule has 1 aromatic rings. The second-order valence-corrected chi connectivity index (χ2v) is 2.93. The van der Waals surface area contributed by atoms with E-state index < -0.39 is 0 Å². The highest BCUT2D eigenvalue weighted by atomic mass is 35.5. The van der Waals surface area contributed by atoms with Crippen LogP contribution < -0.4 is 5.32 Å². The number of rotatable bonds is 3. The molecule has 0 aliphatic rings. The van der Waals surface area contributed by atoms with Crippen molar-refractivity contribution in [3.05, 3.63) is 17.0 Å². The summed E-state index contributed by atoms with van der Waals surface area (Å²) >= 11 is 5.76. The van der Waals surface area contributed by atoms with Gasteiger partial charge in [-0.3, -0.25) is 4.79 Å². The van der Waals surface area contributed by atoms with Crippen LogP contribution in [0.3, 0.4) is 0 Å². The minimum Gasteiger partial charge on any atom is -0.468 e. The summed E-state index contributed by atoms with van der Waals surface area (Å²) in [4.78, 5) is 18.5. The van der Waals surface area contributed by atoms with Crippen LogP contribution >= 0.6 is 11.6 Å². The molecule has 1 rings (SSSR count). The molecule has 0 saturated heterocycles. The second kappa shape index (κ2) is 4.76. The van der Waals surface area contributed by atoms with Crippen molar-refractivity contribution in [3.63, 3.8) is 0 Å². The molecule has 0 bridgehead atoms. The lowest BCUT2D eigenvalue weighted by Crippen LogP contribution is -2.16. The Morgan fingerprint density at radius 3 is 3.00 bits per heavy atom. The van der Waals surface area contributed by atoms with Gasteiger partial charge in [0.25, 0.3) is 0 Å². The lowest BCUT2D eigenvalue weighted by atomic mass is 10.3. The van der Waals surface area contributed by atoms with Crippen molar-refractivity contribution in [3.8, 4) is 0 Å². The average molecular weight is 216 g/mol. The number of halogens is 1. The highest BCUT2D eigenvalue weighted by Gasteiger charge is 2.06. The predicted molar refractivity (Wildman–Crippen MR) is 52.3 cm³/mol. The van der Waals surface area contributed by atoms with Crippen molar-refractivity contribution >= 4 is 23.4 Å². The summed E-state index contributed by atoms with van der Waals surface area (Å²) in [6.07, 6.45) is 1.33. The monoisotopic (exact) mass is 215 g/mol. The van der Waals surface area contributed by atoms with Gasteiger partial charge in [-0.25, -0.2) is 9.97 Å². The van der Waals surface area contributed by atoms with Crippen molar-refractivity contribution in [2.75, 3.05) is 19.0 Å². The van der Waals surface area contributed by atoms with Gasteiger partial charge in [0, 0.05) is 5.56 Å². The molecule has 14 heavy (non-hydrogen) atoms. The maximum atomic E-state index is 10.8. The Balaban J connectivity index is 2.68. The zero-order valence-electron chi connectivity index (χ0n) is 7.87. The van der Waals surface area contributed by atoms with Gasteiger partial charge in [-0.05, 0) is 6.92 Å². The quantitative estimate of drug-likeness (QED) is 0.603. The van der Waals surface area contributed by atoms with Gasteiger partial charge < -0.3 is 10.1 Å². The van der Waals surface area contributed by atoms with E-state index in [1.165, 1.54) is 13.4 Å². The molecular formula is C8H10ClN3O2. The van der Waals surface area contributed by atoms with Crippen molar-refractivity contribution in [1.29, 1.82) is 0 Å². The number of esters is 1. The number of aromatic nitrogens is 2. The minimum absolute atomic E-state index is 0.0602. The van der Waals surface area contributed by atoms with Crippen LogP contribution in [-0.2, 0) is 9.53 Å². The number of anilines is 1. The number of methoxy groups -OCH3 is 1. The molecule has 0 unspecified atom stereocenters. The van der Waals surface area contributed by atoms with Crippen LogP contribution in [0.1, 0.15) is 5.56 Å². The summed E-state index contributed by atoms with van der Waals surface area (Å²) in [5, 5.41) is 3.16. The molecule has 76 valence electrons. The summed E-state index contributed by atoms with van der Waals surface area (Å²) < 4.78 is 4.46. The summed E-state index contributed by atoms with van der Waals surface area (Å²) in [6.45, 7) is 1.83. The summed E-state index contributed by atoms with van der Waals surface area (Å²) in [5.74, 6) is 0.175. The summed E-state index contributed by atoms with van der Waals surface area (Å²) in [5.41, 5.74) is 0.707. The van der Waals surface area contributed by atoms with E-state index in [0.29, 0.717) is 16.5 Å². The topological polar surface area (TPSA) is 64.1 Å². The van der Waals surface area contributed by atoms with E-state index in [9.17, 15) is 4.79 Å². The Morgan fingerprint density at radius 1 is 1.64 bits per heavy atom. The van der Waals surface area contributed by atoms with Crippen molar-refractivity contribution in [1.82, 2.24) is 9.97 Å². The van der Waals surface area contributed by atoms with Gasteiger partial charge >= 0.3 is 5.97 Å². The Morgan fingerprint density at radius 2 is 2.36 bits per heavy atom. The molecule has 0 aromatic carbocycles. The number of nitrogens with zero attached hydrogens (tertiary/aromatic N) is 2. The largest absolute Gasteiger partial charge is 0.468 e. The number of hydrogen-bond acceptors (Lipinski definition) is 5. The van der Waals surface area contributed by atoms with E-state index in [4.69, 9.17) is 11.6 Å². The van der Waals surface area contributed by atoms with Gasteiger partial charge in [0.2, 0.25) is 0 Å². The molecular weight excluding hydrogens is 206 g/mol. The van der Waals surface area contributed by atoms with Gasteiger partial charge in [-0.15, -0.1) is 0 Å². The highest BCUT2D eigenvalue weighted by molar-refractivity contribution is 6.30. The number of carbonyl (C=O) groups is 1. The third kappa shape index (κ3) is 2.56. The van der Waals surface area contributed by atoms with Crippen LogP contribution in [0, 0.1) is 6.92 Å². The first kappa shape index (κ1) is 10.7. The van der Waals surface area contributed by atoms with E-state index >= 15 is 0 Å². The Labute approximate surface area is 86.5 Å². The smallest absolute Gasteiger partial charge is 0.325 e. The molecule has 5 nitrogen and oxygen atoms in total. The zero-order valence-corrected chi connectivity index (χ0v) is 8.63. The number of nitrogens with one attached hydrogen (secondary N) is 1. The second-order valence-electron chi connectivity index (χ2n) is 2.57. The first-order chi connectivity index (χ1) is 6.65. The minimum atomic E-state index is -0.362. The molecule has 0 amide bonds. The van der Waals surface area contributed by atoms with Gasteiger partial charge in [0.1, 0.15) is 23.8 Å². The molecule has 0 radical (unpaired) electrons. The fraction of sp³-hybridized carbons (Fsp3) is 0.375. The molecule has 0 saturated carbocycles. The third-order valence-electron chi connectivity index (χ3n) is 1.65. The molecule has 1 N–H and O–H groups in total. The standard InChI is InChI=1S/C8H10ClN3O2/c1-5-7(9)11-4-12-8(5)10-3-6(13)14-2/h4H,3H2,1-2H3,(H,10,11,12). The fourth-order valence-corrected chi connectivity index (χ4v) is 0.968. The van der Waals surface area contributed by atoms with Gasteiger partial charge in [-0.2, -0.15) is 0 Å². The van der Waals surface area contributed by atoms with E-state index in [2.05, 4.69) is 20.0 Å². The van der Waals surface area contributed by atoms with Gasteiger partial charge in [0.05, 0.1) is 7.11 Å². The molecule has 6 heteroatoms. The zero-order chi connectivity index (χ0) is 10.6. The van der Waals surface area contributed by atoms with Gasteiger partial charge in [0.15, 0.2) is 0 Å². The van der Waals surface area contributed by atoms with E-state index in [-0.39, 0.29) is 12.5 Å². The molecule has 0 atom stereocenters. The first-order valence-corrected chi connectivity index (χ1v) is 4.30. The normalized spacial score (nSPS) is 9.64. The fourth-order valence-electron chi connectivity index (χ4n) is 0.835. The van der Waals surface area contributed by atoms with Crippen LogP contribution in [0.15, 0.2) is 6.33 Å². The van der Waals surface area contributed by atoms with Crippen LogP contribution in [0.4, 0.5) is 5.82 Å². The maximum absolute atomic E-state index is 10.8. The number of hydrogen-bond donors (Lipinski definition) is 1. The van der Waals surface area contributed by atoms with Crippen molar-refractivity contribution in [2.45, 2.75) is 6.92 Å². The van der Waals surface area contributed by atoms with Crippen molar-refractivity contribution in [2.24, 2.45) is 0 Å². The van der Waals surface area contributed by atoms with Crippen LogP contribution in [0.25, 0.3) is 0 Å². The highest BCUT2D eigenvalue weighted by Crippen LogP contribution is 2.17. The van der Waals surface area contributed by atoms with Crippen LogP contribution in [-0.4, -0.2) is 29.6 Å². The Bertz CT molecular complexity index is 343. The van der Waals surface area contributed by atoms with E-state index in [0.717, 1.165) is 0 Å². The van der Waals surface area contributed by atoms with Crippen LogP contribution in [0.2, 0.25) is 5.15 Å². The maximum Gasteiger partial charge on any atom is 0.325 e. The number of carbonyl (C=O) groups excluding carboxylic acids is 1. The SMILES string of the molecule is COC(=O)CNc1ncnc(Cl)c1C. The summed E-state index contributed by atoms with van der Waals surface area (Å²) in [6, 6.07) is 0. The lowest BCUT2D eigenvalue weighted by molar-refractivity contribution is -0.138. The predicted octanol–water partition coefficient (Wildman–Crippen LogP) is 1.02. The van der Waals surface area contributed by atoms with E-state index in [1.807, 2.05) is 0 Å². The Kier molecular flexibility index (Phi) is 3.64. The average Bonchev–Trinajstić information content (AvgIpc) is 2.20. The molecule has 1 aromatic heterocycles. The Hall–Kier alpha value is -1.36. The van der Waals surface area contributed by atoms with Crippen molar-refractivity contribution < 1.29 is 9.53 Å². The molecule has 0 fully saturated rings. The van der Waals surface area contributed by atoms with E-state index in [1.54, 1.807) is 6.92 Å².